The van der Waals surface area contributed by atoms with Crippen molar-refractivity contribution in [3.05, 3.63) is 34.8 Å². The number of aryl methyl sites for hydroxylation is 1. The molecule has 0 radical (unpaired) electrons. The lowest BCUT2D eigenvalue weighted by Gasteiger charge is -1.98. The van der Waals surface area contributed by atoms with Crippen LogP contribution in [0.4, 0.5) is 8.78 Å². The molecule has 0 unspecified atom stereocenters. The Morgan fingerprint density at radius 1 is 1.18 bits per heavy atom. The molecular weight excluding hydrogens is 244 g/mol. The molecule has 17 heavy (non-hydrogen) atoms. The van der Waals surface area contributed by atoms with E-state index in [4.69, 9.17) is 5.73 Å². The molecule has 0 saturated heterocycles. The van der Waals surface area contributed by atoms with E-state index in [0.717, 1.165) is 11.4 Å². The van der Waals surface area contributed by atoms with Gasteiger partial charge in [-0.15, -0.1) is 10.2 Å². The van der Waals surface area contributed by atoms with Gasteiger partial charge in [0.05, 0.1) is 5.56 Å². The van der Waals surface area contributed by atoms with E-state index in [1.807, 2.05) is 0 Å². The number of hydrogen-bond acceptors (Lipinski definition) is 4. The number of benzene rings is 1. The molecule has 2 aromatic rings. The number of rotatable bonds is 4. The van der Waals surface area contributed by atoms with E-state index in [2.05, 4.69) is 10.2 Å². The minimum Gasteiger partial charge on any atom is -0.330 e. The van der Waals surface area contributed by atoms with Crippen molar-refractivity contribution in [2.75, 3.05) is 6.54 Å². The highest BCUT2D eigenvalue weighted by Gasteiger charge is 2.15. The van der Waals surface area contributed by atoms with E-state index in [0.29, 0.717) is 13.0 Å². The molecule has 6 heteroatoms. The van der Waals surface area contributed by atoms with Gasteiger partial charge in [-0.3, -0.25) is 0 Å². The molecule has 2 rings (SSSR count). The Morgan fingerprint density at radius 2 is 1.88 bits per heavy atom. The van der Waals surface area contributed by atoms with E-state index in [1.54, 1.807) is 0 Å². The zero-order valence-corrected chi connectivity index (χ0v) is 9.81. The molecule has 1 aromatic heterocycles. The largest absolute Gasteiger partial charge is 0.330 e. The van der Waals surface area contributed by atoms with Crippen LogP contribution in [0.1, 0.15) is 11.4 Å². The second kappa shape index (κ2) is 5.29. The number of nitrogens with zero attached hydrogens (tertiary/aromatic N) is 2. The number of aromatic nitrogens is 2. The summed E-state index contributed by atoms with van der Waals surface area (Å²) in [6.45, 7) is 0.559. The summed E-state index contributed by atoms with van der Waals surface area (Å²) in [7, 11) is 0. The zero-order chi connectivity index (χ0) is 12.3. The maximum atomic E-state index is 13.5. The molecule has 0 saturated carbocycles. The molecule has 3 nitrogen and oxygen atoms in total. The maximum absolute atomic E-state index is 13.5. The van der Waals surface area contributed by atoms with Crippen molar-refractivity contribution < 1.29 is 8.78 Å². The molecule has 90 valence electrons. The summed E-state index contributed by atoms with van der Waals surface area (Å²) < 4.78 is 27.0. The third kappa shape index (κ3) is 2.65. The van der Waals surface area contributed by atoms with E-state index in [1.165, 1.54) is 29.5 Å². The van der Waals surface area contributed by atoms with Crippen molar-refractivity contribution >= 4 is 11.3 Å². The molecule has 0 aliphatic carbocycles. The van der Waals surface area contributed by atoms with E-state index in [-0.39, 0.29) is 10.6 Å². The third-order valence-electron chi connectivity index (χ3n) is 2.24. The molecule has 0 fully saturated rings. The molecule has 0 spiro atoms. The van der Waals surface area contributed by atoms with E-state index >= 15 is 0 Å². The molecule has 0 aliphatic heterocycles. The van der Waals surface area contributed by atoms with Crippen LogP contribution in [0.5, 0.6) is 0 Å². The highest BCUT2D eigenvalue weighted by Crippen LogP contribution is 2.28. The third-order valence-corrected chi connectivity index (χ3v) is 3.24. The highest BCUT2D eigenvalue weighted by molar-refractivity contribution is 7.14. The van der Waals surface area contributed by atoms with Gasteiger partial charge >= 0.3 is 0 Å². The summed E-state index contributed by atoms with van der Waals surface area (Å²) in [5.74, 6) is -1.24. The average Bonchev–Trinajstić information content (AvgIpc) is 2.75. The number of halogens is 2. The van der Waals surface area contributed by atoms with Gasteiger partial charge in [0.1, 0.15) is 16.6 Å². The van der Waals surface area contributed by atoms with Gasteiger partial charge in [-0.2, -0.15) is 0 Å². The molecule has 1 heterocycles. The first-order valence-corrected chi connectivity index (χ1v) is 6.01. The van der Waals surface area contributed by atoms with Gasteiger partial charge in [-0.25, -0.2) is 8.78 Å². The first-order valence-electron chi connectivity index (χ1n) is 5.19. The second-order valence-electron chi connectivity index (χ2n) is 3.49. The van der Waals surface area contributed by atoms with Crippen molar-refractivity contribution in [2.45, 2.75) is 12.8 Å². The van der Waals surface area contributed by atoms with Crippen molar-refractivity contribution in [1.29, 1.82) is 0 Å². The topological polar surface area (TPSA) is 51.8 Å². The molecule has 0 bridgehead atoms. The lowest BCUT2D eigenvalue weighted by Crippen LogP contribution is -1.99. The van der Waals surface area contributed by atoms with Gasteiger partial charge in [-0.1, -0.05) is 17.4 Å². The summed E-state index contributed by atoms with van der Waals surface area (Å²) in [6.07, 6.45) is 1.47. The van der Waals surface area contributed by atoms with Crippen LogP contribution in [0.25, 0.3) is 10.6 Å². The summed E-state index contributed by atoms with van der Waals surface area (Å²) >= 11 is 1.20. The summed E-state index contributed by atoms with van der Waals surface area (Å²) in [6, 6.07) is 3.74. The van der Waals surface area contributed by atoms with Gasteiger partial charge in [0, 0.05) is 6.42 Å². The standard InChI is InChI=1S/C11H11F2N3S/c12-7-3-1-4-8(13)10(7)11-16-15-9(17-11)5-2-6-14/h1,3-4H,2,5-6,14H2. The summed E-state index contributed by atoms with van der Waals surface area (Å²) in [5.41, 5.74) is 5.27. The van der Waals surface area contributed by atoms with Gasteiger partial charge in [0.25, 0.3) is 0 Å². The molecule has 0 amide bonds. The highest BCUT2D eigenvalue weighted by atomic mass is 32.1. The van der Waals surface area contributed by atoms with E-state index in [9.17, 15) is 8.78 Å². The van der Waals surface area contributed by atoms with Crippen LogP contribution in [0.15, 0.2) is 18.2 Å². The SMILES string of the molecule is NCCCc1nnc(-c2c(F)cccc2F)s1. The van der Waals surface area contributed by atoms with Gasteiger partial charge in [-0.05, 0) is 25.1 Å². The number of nitrogens with two attached hydrogens (primary N) is 1. The maximum Gasteiger partial charge on any atom is 0.153 e. The molecular formula is C11H11F2N3S. The quantitative estimate of drug-likeness (QED) is 0.912. The molecule has 1 aromatic carbocycles. The summed E-state index contributed by atoms with van der Waals surface area (Å²) in [4.78, 5) is 0. The van der Waals surface area contributed by atoms with Gasteiger partial charge < -0.3 is 5.73 Å². The predicted molar refractivity (Wildman–Crippen MR) is 62.6 cm³/mol. The fourth-order valence-corrected chi connectivity index (χ4v) is 2.34. The smallest absolute Gasteiger partial charge is 0.153 e. The molecule has 0 aliphatic rings. The Bertz CT molecular complexity index is 493. The molecule has 2 N–H and O–H groups in total. The minimum atomic E-state index is -0.619. The Hall–Kier alpha value is -1.40. The monoisotopic (exact) mass is 255 g/mol. The fourth-order valence-electron chi connectivity index (χ4n) is 1.41. The van der Waals surface area contributed by atoms with Crippen LogP contribution >= 0.6 is 11.3 Å². The van der Waals surface area contributed by atoms with Gasteiger partial charge in [0.15, 0.2) is 5.01 Å². The van der Waals surface area contributed by atoms with Crippen LogP contribution in [0.2, 0.25) is 0 Å². The van der Waals surface area contributed by atoms with Crippen molar-refractivity contribution in [1.82, 2.24) is 10.2 Å². The summed E-state index contributed by atoms with van der Waals surface area (Å²) in [5, 5.41) is 8.72. The van der Waals surface area contributed by atoms with Crippen LogP contribution in [-0.4, -0.2) is 16.7 Å². The zero-order valence-electron chi connectivity index (χ0n) is 8.99. The fraction of sp³-hybridized carbons (Fsp3) is 0.273. The van der Waals surface area contributed by atoms with Crippen LogP contribution in [0, 0.1) is 11.6 Å². The Morgan fingerprint density at radius 3 is 2.53 bits per heavy atom. The van der Waals surface area contributed by atoms with E-state index < -0.39 is 11.6 Å². The lowest BCUT2D eigenvalue weighted by atomic mass is 10.2. The number of hydrogen-bond donors (Lipinski definition) is 1. The van der Waals surface area contributed by atoms with Crippen molar-refractivity contribution in [3.63, 3.8) is 0 Å². The predicted octanol–water partition coefficient (Wildman–Crippen LogP) is 2.37. The van der Waals surface area contributed by atoms with Crippen LogP contribution < -0.4 is 5.73 Å². The average molecular weight is 255 g/mol. The second-order valence-corrected chi connectivity index (χ2v) is 4.55. The van der Waals surface area contributed by atoms with Crippen LogP contribution in [-0.2, 0) is 6.42 Å². The molecule has 0 atom stereocenters. The normalized spacial score (nSPS) is 10.8. The van der Waals surface area contributed by atoms with Gasteiger partial charge in [0.2, 0.25) is 0 Å². The van der Waals surface area contributed by atoms with Crippen molar-refractivity contribution in [2.24, 2.45) is 5.73 Å². The minimum absolute atomic E-state index is 0.107. The van der Waals surface area contributed by atoms with Crippen LogP contribution in [0.3, 0.4) is 0 Å². The Kier molecular flexibility index (Phi) is 3.75. The van der Waals surface area contributed by atoms with Crippen molar-refractivity contribution in [3.8, 4) is 10.6 Å². The first kappa shape index (κ1) is 12.1. The lowest BCUT2D eigenvalue weighted by molar-refractivity contribution is 0.589. The Labute approximate surface area is 101 Å². The first-order chi connectivity index (χ1) is 8.22. The Balaban J connectivity index is 2.30.